The molecule has 0 saturated heterocycles. The van der Waals surface area contributed by atoms with Crippen LogP contribution in [-0.2, 0) is 6.42 Å². The van der Waals surface area contributed by atoms with E-state index in [-0.39, 0.29) is 17.6 Å². The average molecular weight is 287 g/mol. The molecule has 0 radical (unpaired) electrons. The standard InChI is InChI=1S/C18H22FNO/c1-3-10-20-18(12-14-4-7-16(21)8-5-14)17-9-6-15(19)11-13(17)2/h4-9,11,18,20-21H,3,10,12H2,1-2H3. The molecule has 0 heterocycles. The van der Waals surface area contributed by atoms with Gasteiger partial charge in [0, 0.05) is 6.04 Å². The molecule has 0 aliphatic heterocycles. The molecule has 0 saturated carbocycles. The predicted molar refractivity (Wildman–Crippen MR) is 84.0 cm³/mol. The van der Waals surface area contributed by atoms with Gasteiger partial charge in [0.05, 0.1) is 0 Å². The largest absolute Gasteiger partial charge is 0.508 e. The number of hydrogen-bond donors (Lipinski definition) is 2. The van der Waals surface area contributed by atoms with Gasteiger partial charge in [-0.05, 0) is 67.3 Å². The van der Waals surface area contributed by atoms with Crippen LogP contribution in [0.2, 0.25) is 0 Å². The van der Waals surface area contributed by atoms with Crippen LogP contribution in [0.1, 0.15) is 36.1 Å². The van der Waals surface area contributed by atoms with Crippen molar-refractivity contribution in [2.24, 2.45) is 0 Å². The van der Waals surface area contributed by atoms with Crippen molar-refractivity contribution in [2.45, 2.75) is 32.7 Å². The van der Waals surface area contributed by atoms with Crippen LogP contribution in [0.3, 0.4) is 0 Å². The number of halogens is 1. The van der Waals surface area contributed by atoms with Crippen molar-refractivity contribution in [1.82, 2.24) is 5.32 Å². The van der Waals surface area contributed by atoms with E-state index >= 15 is 0 Å². The Morgan fingerprint density at radius 1 is 1.14 bits per heavy atom. The highest BCUT2D eigenvalue weighted by Gasteiger charge is 2.14. The summed E-state index contributed by atoms with van der Waals surface area (Å²) in [6.07, 6.45) is 1.86. The summed E-state index contributed by atoms with van der Waals surface area (Å²) in [5, 5.41) is 12.9. The van der Waals surface area contributed by atoms with E-state index in [4.69, 9.17) is 0 Å². The third kappa shape index (κ3) is 4.30. The smallest absolute Gasteiger partial charge is 0.123 e. The van der Waals surface area contributed by atoms with Crippen LogP contribution >= 0.6 is 0 Å². The predicted octanol–water partition coefficient (Wildman–Crippen LogP) is 4.12. The minimum atomic E-state index is -0.199. The molecule has 0 aliphatic rings. The molecule has 0 amide bonds. The first-order chi connectivity index (χ1) is 10.1. The first-order valence-electron chi connectivity index (χ1n) is 7.37. The normalized spacial score (nSPS) is 12.3. The molecule has 1 atom stereocenters. The zero-order chi connectivity index (χ0) is 15.2. The molecule has 2 nitrogen and oxygen atoms in total. The van der Waals surface area contributed by atoms with Gasteiger partial charge in [0.25, 0.3) is 0 Å². The van der Waals surface area contributed by atoms with Crippen molar-refractivity contribution >= 4 is 0 Å². The number of hydrogen-bond acceptors (Lipinski definition) is 2. The summed E-state index contributed by atoms with van der Waals surface area (Å²) in [4.78, 5) is 0. The third-order valence-corrected chi connectivity index (χ3v) is 3.62. The van der Waals surface area contributed by atoms with Gasteiger partial charge in [-0.1, -0.05) is 25.1 Å². The molecule has 0 aliphatic carbocycles. The number of nitrogens with one attached hydrogen (secondary N) is 1. The van der Waals surface area contributed by atoms with E-state index in [1.807, 2.05) is 25.1 Å². The Hall–Kier alpha value is -1.87. The van der Waals surface area contributed by atoms with E-state index in [0.717, 1.165) is 36.1 Å². The fourth-order valence-corrected chi connectivity index (χ4v) is 2.51. The molecule has 2 rings (SSSR count). The lowest BCUT2D eigenvalue weighted by molar-refractivity contribution is 0.474. The quantitative estimate of drug-likeness (QED) is 0.837. The van der Waals surface area contributed by atoms with Gasteiger partial charge in [-0.15, -0.1) is 0 Å². The second kappa shape index (κ2) is 7.23. The Kier molecular flexibility index (Phi) is 5.34. The second-order valence-corrected chi connectivity index (χ2v) is 5.38. The zero-order valence-corrected chi connectivity index (χ0v) is 12.6. The maximum absolute atomic E-state index is 13.3. The maximum Gasteiger partial charge on any atom is 0.123 e. The molecular formula is C18H22FNO. The average Bonchev–Trinajstić information content (AvgIpc) is 2.46. The first-order valence-corrected chi connectivity index (χ1v) is 7.37. The zero-order valence-electron chi connectivity index (χ0n) is 12.6. The van der Waals surface area contributed by atoms with E-state index in [0.29, 0.717) is 0 Å². The van der Waals surface area contributed by atoms with Gasteiger partial charge in [0.2, 0.25) is 0 Å². The Balaban J connectivity index is 2.22. The van der Waals surface area contributed by atoms with Crippen LogP contribution < -0.4 is 5.32 Å². The van der Waals surface area contributed by atoms with Gasteiger partial charge in [0.15, 0.2) is 0 Å². The van der Waals surface area contributed by atoms with Crippen molar-refractivity contribution in [3.63, 3.8) is 0 Å². The molecule has 2 aromatic rings. The molecule has 0 aromatic heterocycles. The van der Waals surface area contributed by atoms with Gasteiger partial charge >= 0.3 is 0 Å². The van der Waals surface area contributed by atoms with Gasteiger partial charge in [-0.25, -0.2) is 4.39 Å². The van der Waals surface area contributed by atoms with E-state index in [9.17, 15) is 9.50 Å². The van der Waals surface area contributed by atoms with Crippen molar-refractivity contribution in [1.29, 1.82) is 0 Å². The number of aryl methyl sites for hydroxylation is 1. The van der Waals surface area contributed by atoms with Crippen LogP contribution in [0.15, 0.2) is 42.5 Å². The molecule has 21 heavy (non-hydrogen) atoms. The fourth-order valence-electron chi connectivity index (χ4n) is 2.51. The maximum atomic E-state index is 13.3. The summed E-state index contributed by atoms with van der Waals surface area (Å²) in [6, 6.07) is 12.3. The summed E-state index contributed by atoms with van der Waals surface area (Å²) in [5.74, 6) is 0.0740. The van der Waals surface area contributed by atoms with Crippen LogP contribution in [-0.4, -0.2) is 11.7 Å². The minimum absolute atomic E-state index is 0.148. The molecule has 0 bridgehead atoms. The molecule has 112 valence electrons. The molecule has 2 aromatic carbocycles. The first kappa shape index (κ1) is 15.5. The van der Waals surface area contributed by atoms with Gasteiger partial charge in [0.1, 0.15) is 11.6 Å². The highest BCUT2D eigenvalue weighted by atomic mass is 19.1. The van der Waals surface area contributed by atoms with Crippen molar-refractivity contribution in [3.8, 4) is 5.75 Å². The highest BCUT2D eigenvalue weighted by molar-refractivity contribution is 5.32. The topological polar surface area (TPSA) is 32.3 Å². The molecular weight excluding hydrogens is 265 g/mol. The van der Waals surface area contributed by atoms with Crippen LogP contribution in [0, 0.1) is 12.7 Å². The molecule has 0 fully saturated rings. The van der Waals surface area contributed by atoms with Crippen molar-refractivity contribution < 1.29 is 9.50 Å². The molecule has 3 heteroatoms. The monoisotopic (exact) mass is 287 g/mol. The van der Waals surface area contributed by atoms with Crippen LogP contribution in [0.5, 0.6) is 5.75 Å². The Morgan fingerprint density at radius 2 is 1.86 bits per heavy atom. The molecule has 2 N–H and O–H groups in total. The lowest BCUT2D eigenvalue weighted by Gasteiger charge is -2.21. The Labute approximate surface area is 125 Å². The SMILES string of the molecule is CCCNC(Cc1ccc(O)cc1)c1ccc(F)cc1C. The number of benzene rings is 2. The summed E-state index contributed by atoms with van der Waals surface area (Å²) >= 11 is 0. The summed E-state index contributed by atoms with van der Waals surface area (Å²) in [6.45, 7) is 4.98. The summed E-state index contributed by atoms with van der Waals surface area (Å²) in [7, 11) is 0. The second-order valence-electron chi connectivity index (χ2n) is 5.38. The van der Waals surface area contributed by atoms with Crippen molar-refractivity contribution in [2.75, 3.05) is 6.54 Å². The van der Waals surface area contributed by atoms with Crippen LogP contribution in [0.25, 0.3) is 0 Å². The Morgan fingerprint density at radius 3 is 2.48 bits per heavy atom. The Bertz CT molecular complexity index is 580. The van der Waals surface area contributed by atoms with Crippen molar-refractivity contribution in [3.05, 3.63) is 65.0 Å². The summed E-state index contributed by atoms with van der Waals surface area (Å²) < 4.78 is 13.3. The van der Waals surface area contributed by atoms with Gasteiger partial charge in [-0.2, -0.15) is 0 Å². The minimum Gasteiger partial charge on any atom is -0.508 e. The van der Waals surface area contributed by atoms with Crippen LogP contribution in [0.4, 0.5) is 4.39 Å². The fraction of sp³-hybridized carbons (Fsp3) is 0.333. The van der Waals surface area contributed by atoms with E-state index < -0.39 is 0 Å². The number of phenols is 1. The summed E-state index contributed by atoms with van der Waals surface area (Å²) in [5.41, 5.74) is 3.23. The lowest BCUT2D eigenvalue weighted by Crippen LogP contribution is -2.24. The van der Waals surface area contributed by atoms with E-state index in [1.54, 1.807) is 18.2 Å². The number of phenolic OH excluding ortho intramolecular Hbond substituents is 1. The van der Waals surface area contributed by atoms with E-state index in [2.05, 4.69) is 12.2 Å². The number of rotatable bonds is 6. The van der Waals surface area contributed by atoms with E-state index in [1.165, 1.54) is 6.07 Å². The number of aromatic hydroxyl groups is 1. The third-order valence-electron chi connectivity index (χ3n) is 3.62. The molecule has 1 unspecified atom stereocenters. The van der Waals surface area contributed by atoms with Gasteiger partial charge < -0.3 is 10.4 Å². The van der Waals surface area contributed by atoms with Gasteiger partial charge in [-0.3, -0.25) is 0 Å². The lowest BCUT2D eigenvalue weighted by atomic mass is 9.95. The highest BCUT2D eigenvalue weighted by Crippen LogP contribution is 2.23. The molecule has 0 spiro atoms.